The third-order valence-electron chi connectivity index (χ3n) is 0.370. The summed E-state index contributed by atoms with van der Waals surface area (Å²) < 4.78 is 0. The smallest absolute Gasteiger partial charge is 0.231 e. The SMILES string of the molecule is CC([C]=O)ON. The Hall–Kier alpha value is -0.410. The Labute approximate surface area is 36.0 Å². The minimum absolute atomic E-state index is 0.593. The van der Waals surface area contributed by atoms with Crippen LogP contribution in [-0.2, 0) is 9.63 Å². The lowest BCUT2D eigenvalue weighted by molar-refractivity contribution is 0.110. The van der Waals surface area contributed by atoms with Gasteiger partial charge in [0.15, 0.2) is 0 Å². The molecule has 1 atom stereocenters. The zero-order chi connectivity index (χ0) is 4.99. The summed E-state index contributed by atoms with van der Waals surface area (Å²) in [5.74, 6) is 4.52. The molecule has 0 amide bonds. The summed E-state index contributed by atoms with van der Waals surface area (Å²) in [4.78, 5) is 13.4. The molecule has 0 aromatic heterocycles. The Morgan fingerprint density at radius 3 is 2.50 bits per heavy atom. The summed E-state index contributed by atoms with van der Waals surface area (Å²) in [5, 5.41) is 0. The molecular formula is C3H6NO2. The van der Waals surface area contributed by atoms with E-state index in [2.05, 4.69) is 10.7 Å². The standard InChI is InChI=1S/C3H6NO2/c1-3(2-5)6-4/h3H,4H2,1H3. The molecule has 35 valence electrons. The highest BCUT2D eigenvalue weighted by Gasteiger charge is 1.92. The van der Waals surface area contributed by atoms with Crippen molar-refractivity contribution in [2.45, 2.75) is 13.0 Å². The van der Waals surface area contributed by atoms with Gasteiger partial charge in [0.25, 0.3) is 0 Å². The maximum atomic E-state index is 9.41. The first kappa shape index (κ1) is 5.59. The number of carbonyl (C=O) groups excluding carboxylic acids is 1. The quantitative estimate of drug-likeness (QED) is 0.457. The highest BCUT2D eigenvalue weighted by atomic mass is 16.6. The maximum absolute atomic E-state index is 9.41. The van der Waals surface area contributed by atoms with Crippen LogP contribution < -0.4 is 5.90 Å². The summed E-state index contributed by atoms with van der Waals surface area (Å²) in [6, 6.07) is 0. The van der Waals surface area contributed by atoms with Crippen LogP contribution in [-0.4, -0.2) is 12.4 Å². The lowest BCUT2D eigenvalue weighted by Gasteiger charge is -1.91. The molecule has 0 fully saturated rings. The first-order chi connectivity index (χ1) is 2.81. The van der Waals surface area contributed by atoms with E-state index >= 15 is 0 Å². The fourth-order valence-electron chi connectivity index (χ4n) is 0.0278. The van der Waals surface area contributed by atoms with Crippen LogP contribution in [0.1, 0.15) is 6.92 Å². The van der Waals surface area contributed by atoms with Crippen molar-refractivity contribution in [2.75, 3.05) is 0 Å². The van der Waals surface area contributed by atoms with Crippen molar-refractivity contribution in [3.63, 3.8) is 0 Å². The van der Waals surface area contributed by atoms with E-state index in [4.69, 9.17) is 0 Å². The van der Waals surface area contributed by atoms with E-state index in [9.17, 15) is 4.79 Å². The Kier molecular flexibility index (Phi) is 2.62. The molecular weight excluding hydrogens is 82.0 g/mol. The van der Waals surface area contributed by atoms with E-state index in [0.717, 1.165) is 0 Å². The van der Waals surface area contributed by atoms with E-state index in [1.807, 2.05) is 0 Å². The van der Waals surface area contributed by atoms with E-state index in [-0.39, 0.29) is 0 Å². The van der Waals surface area contributed by atoms with Crippen LogP contribution in [0, 0.1) is 0 Å². The molecule has 0 rings (SSSR count). The monoisotopic (exact) mass is 88.0 g/mol. The predicted molar refractivity (Wildman–Crippen MR) is 20.4 cm³/mol. The number of nitrogens with two attached hydrogens (primary N) is 1. The highest BCUT2D eigenvalue weighted by molar-refractivity contribution is 5.55. The average molecular weight is 88.1 g/mol. The first-order valence-electron chi connectivity index (χ1n) is 1.54. The van der Waals surface area contributed by atoms with Crippen LogP contribution in [0.15, 0.2) is 0 Å². The minimum Gasteiger partial charge on any atom is -0.293 e. The molecule has 0 saturated carbocycles. The maximum Gasteiger partial charge on any atom is 0.231 e. The van der Waals surface area contributed by atoms with E-state index in [0.29, 0.717) is 0 Å². The van der Waals surface area contributed by atoms with Crippen molar-refractivity contribution in [1.29, 1.82) is 0 Å². The first-order valence-corrected chi connectivity index (χ1v) is 1.54. The molecule has 3 heteroatoms. The molecule has 3 nitrogen and oxygen atoms in total. The van der Waals surface area contributed by atoms with Crippen LogP contribution in [0.2, 0.25) is 0 Å². The predicted octanol–water partition coefficient (Wildman–Crippen LogP) is -0.625. The van der Waals surface area contributed by atoms with Gasteiger partial charge < -0.3 is 0 Å². The van der Waals surface area contributed by atoms with Gasteiger partial charge in [0, 0.05) is 0 Å². The van der Waals surface area contributed by atoms with Gasteiger partial charge in [-0.3, -0.25) is 9.63 Å². The molecule has 1 radical (unpaired) electrons. The van der Waals surface area contributed by atoms with Gasteiger partial charge in [-0.2, -0.15) is 0 Å². The van der Waals surface area contributed by atoms with E-state index in [1.165, 1.54) is 13.2 Å². The van der Waals surface area contributed by atoms with Gasteiger partial charge in [-0.05, 0) is 6.92 Å². The second kappa shape index (κ2) is 2.81. The van der Waals surface area contributed by atoms with Crippen molar-refractivity contribution < 1.29 is 9.63 Å². The van der Waals surface area contributed by atoms with Gasteiger partial charge in [-0.25, -0.2) is 5.90 Å². The molecule has 0 saturated heterocycles. The number of hydrogen-bond donors (Lipinski definition) is 1. The molecule has 0 heterocycles. The molecule has 1 unspecified atom stereocenters. The largest absolute Gasteiger partial charge is 0.293 e. The van der Waals surface area contributed by atoms with Crippen LogP contribution in [0.5, 0.6) is 0 Å². The summed E-state index contributed by atoms with van der Waals surface area (Å²) in [6.45, 7) is 1.51. The lowest BCUT2D eigenvalue weighted by Crippen LogP contribution is -2.13. The summed E-state index contributed by atoms with van der Waals surface area (Å²) in [7, 11) is 0. The van der Waals surface area contributed by atoms with Gasteiger partial charge in [-0.1, -0.05) is 0 Å². The van der Waals surface area contributed by atoms with Crippen molar-refractivity contribution in [3.05, 3.63) is 0 Å². The number of hydrogen-bond acceptors (Lipinski definition) is 3. The van der Waals surface area contributed by atoms with Crippen LogP contribution >= 0.6 is 0 Å². The van der Waals surface area contributed by atoms with Crippen molar-refractivity contribution >= 4 is 6.29 Å². The van der Waals surface area contributed by atoms with Crippen LogP contribution in [0.4, 0.5) is 0 Å². The molecule has 0 bridgehead atoms. The fourth-order valence-corrected chi connectivity index (χ4v) is 0.0278. The molecule has 0 spiro atoms. The van der Waals surface area contributed by atoms with Crippen LogP contribution in [0.3, 0.4) is 0 Å². The zero-order valence-corrected chi connectivity index (χ0v) is 3.47. The lowest BCUT2D eigenvalue weighted by atomic mass is 10.5. The Balaban J connectivity index is 2.96. The van der Waals surface area contributed by atoms with Gasteiger partial charge >= 0.3 is 0 Å². The Bertz CT molecular complexity index is 46.1. The van der Waals surface area contributed by atoms with Crippen molar-refractivity contribution in [2.24, 2.45) is 5.90 Å². The second-order valence-electron chi connectivity index (χ2n) is 0.896. The summed E-state index contributed by atoms with van der Waals surface area (Å²) in [5.41, 5.74) is 0. The molecule has 0 aliphatic heterocycles. The molecule has 6 heavy (non-hydrogen) atoms. The fraction of sp³-hybridized carbons (Fsp3) is 0.667. The van der Waals surface area contributed by atoms with Gasteiger partial charge in [-0.15, -0.1) is 0 Å². The zero-order valence-electron chi connectivity index (χ0n) is 3.47. The third-order valence-corrected chi connectivity index (χ3v) is 0.370. The topological polar surface area (TPSA) is 52.3 Å². The van der Waals surface area contributed by atoms with E-state index < -0.39 is 6.10 Å². The normalized spacial score (nSPS) is 13.7. The Morgan fingerprint density at radius 2 is 2.50 bits per heavy atom. The highest BCUT2D eigenvalue weighted by Crippen LogP contribution is 1.72. The molecule has 0 aliphatic rings. The molecule has 0 aromatic rings. The third kappa shape index (κ3) is 1.87. The van der Waals surface area contributed by atoms with Crippen molar-refractivity contribution in [3.8, 4) is 0 Å². The van der Waals surface area contributed by atoms with E-state index in [1.54, 1.807) is 0 Å². The molecule has 2 N–H and O–H groups in total. The molecule has 0 aliphatic carbocycles. The summed E-state index contributed by atoms with van der Waals surface area (Å²) in [6.07, 6.45) is 0.925. The van der Waals surface area contributed by atoms with Gasteiger partial charge in [0.1, 0.15) is 6.10 Å². The summed E-state index contributed by atoms with van der Waals surface area (Å²) >= 11 is 0. The van der Waals surface area contributed by atoms with Crippen molar-refractivity contribution in [1.82, 2.24) is 0 Å². The average Bonchev–Trinajstić information content (AvgIpc) is 1.65. The van der Waals surface area contributed by atoms with Gasteiger partial charge in [0.2, 0.25) is 6.29 Å². The molecule has 0 aromatic carbocycles. The Morgan fingerprint density at radius 1 is 2.00 bits per heavy atom. The number of rotatable bonds is 2. The second-order valence-corrected chi connectivity index (χ2v) is 0.896. The minimum atomic E-state index is -0.593. The van der Waals surface area contributed by atoms with Gasteiger partial charge in [0.05, 0.1) is 0 Å². The van der Waals surface area contributed by atoms with Crippen LogP contribution in [0.25, 0.3) is 0 Å².